The maximum Gasteiger partial charge on any atom is 0.345 e. The van der Waals surface area contributed by atoms with Crippen LogP contribution in [0.4, 0.5) is 0 Å². The minimum Gasteiger partial charge on any atom is -0.342 e. The number of hydrogen-bond acceptors (Lipinski definition) is 4. The van der Waals surface area contributed by atoms with Crippen LogP contribution in [0.25, 0.3) is 0 Å². The van der Waals surface area contributed by atoms with Crippen molar-refractivity contribution >= 4 is 5.91 Å². The molecule has 26 heavy (non-hydrogen) atoms. The van der Waals surface area contributed by atoms with Crippen molar-refractivity contribution in [3.8, 4) is 0 Å². The summed E-state index contributed by atoms with van der Waals surface area (Å²) >= 11 is 0. The summed E-state index contributed by atoms with van der Waals surface area (Å²) in [7, 11) is 1.68. The van der Waals surface area contributed by atoms with Crippen LogP contribution in [-0.2, 0) is 24.8 Å². The van der Waals surface area contributed by atoms with Crippen LogP contribution in [0.15, 0.2) is 4.79 Å². The zero-order chi connectivity index (χ0) is 18.8. The number of rotatable bonds is 5. The number of nitrogens with one attached hydrogen (secondary N) is 1. The molecule has 1 atom stereocenters. The van der Waals surface area contributed by atoms with Crippen LogP contribution in [0.3, 0.4) is 0 Å². The normalized spacial score (nSPS) is 17.7. The average Bonchev–Trinajstić information content (AvgIpc) is 3.12. The summed E-state index contributed by atoms with van der Waals surface area (Å²) in [5.74, 6) is 1.07. The SMILES string of the molecule is CCn1c([C@H]2CCCN(C(=O)CCc3n[nH]c(C)c3C)C2)nn(C)c1=O. The first-order valence-electron chi connectivity index (χ1n) is 9.34. The zero-order valence-electron chi connectivity index (χ0n) is 16.1. The van der Waals surface area contributed by atoms with Crippen molar-refractivity contribution in [2.24, 2.45) is 7.05 Å². The van der Waals surface area contributed by atoms with Gasteiger partial charge in [0, 0.05) is 51.1 Å². The Hall–Kier alpha value is -2.38. The summed E-state index contributed by atoms with van der Waals surface area (Å²) in [6, 6.07) is 0. The summed E-state index contributed by atoms with van der Waals surface area (Å²) in [6.07, 6.45) is 3.00. The van der Waals surface area contributed by atoms with E-state index in [4.69, 9.17) is 0 Å². The van der Waals surface area contributed by atoms with Crippen molar-refractivity contribution in [2.45, 2.75) is 58.9 Å². The van der Waals surface area contributed by atoms with E-state index in [-0.39, 0.29) is 17.5 Å². The second-order valence-electron chi connectivity index (χ2n) is 7.11. The third-order valence-corrected chi connectivity index (χ3v) is 5.42. The minimum absolute atomic E-state index is 0.0877. The van der Waals surface area contributed by atoms with Gasteiger partial charge in [0.2, 0.25) is 5.91 Å². The van der Waals surface area contributed by atoms with Gasteiger partial charge in [0.15, 0.2) is 0 Å². The molecule has 1 N–H and O–H groups in total. The summed E-state index contributed by atoms with van der Waals surface area (Å²) in [6.45, 7) is 7.98. The molecule has 0 aliphatic carbocycles. The summed E-state index contributed by atoms with van der Waals surface area (Å²) in [4.78, 5) is 26.8. The van der Waals surface area contributed by atoms with E-state index < -0.39 is 0 Å². The number of piperidine rings is 1. The molecule has 8 heteroatoms. The highest BCUT2D eigenvalue weighted by Crippen LogP contribution is 2.25. The standard InChI is InChI=1S/C18H28N6O2/c1-5-24-17(21-22(4)18(24)26)14-7-6-10-23(11-14)16(25)9-8-15-12(2)13(3)19-20-15/h14H,5-11H2,1-4H3,(H,19,20)/t14-/m0/s1. The van der Waals surface area contributed by atoms with E-state index in [9.17, 15) is 9.59 Å². The summed E-state index contributed by atoms with van der Waals surface area (Å²) in [5.41, 5.74) is 3.07. The fraction of sp³-hybridized carbons (Fsp3) is 0.667. The number of carbonyl (C=O) groups excluding carboxylic acids is 1. The molecule has 0 spiro atoms. The van der Waals surface area contributed by atoms with Crippen LogP contribution in [-0.4, -0.2) is 48.4 Å². The second kappa shape index (κ2) is 7.47. The molecule has 0 saturated carbocycles. The molecule has 1 fully saturated rings. The van der Waals surface area contributed by atoms with E-state index in [0.29, 0.717) is 25.9 Å². The highest BCUT2D eigenvalue weighted by molar-refractivity contribution is 5.76. The largest absolute Gasteiger partial charge is 0.345 e. The lowest BCUT2D eigenvalue weighted by Gasteiger charge is -2.32. The van der Waals surface area contributed by atoms with E-state index >= 15 is 0 Å². The van der Waals surface area contributed by atoms with Crippen LogP contribution in [0.2, 0.25) is 0 Å². The van der Waals surface area contributed by atoms with Crippen molar-refractivity contribution in [1.29, 1.82) is 0 Å². The molecular weight excluding hydrogens is 332 g/mol. The maximum absolute atomic E-state index is 12.7. The van der Waals surface area contributed by atoms with Crippen molar-refractivity contribution < 1.29 is 4.79 Å². The molecule has 3 rings (SSSR count). The number of nitrogens with zero attached hydrogens (tertiary/aromatic N) is 5. The van der Waals surface area contributed by atoms with Crippen molar-refractivity contribution in [3.05, 3.63) is 33.3 Å². The number of aromatic nitrogens is 5. The van der Waals surface area contributed by atoms with Gasteiger partial charge in [-0.25, -0.2) is 9.48 Å². The number of likely N-dealkylation sites (tertiary alicyclic amines) is 1. The lowest BCUT2D eigenvalue weighted by atomic mass is 9.96. The quantitative estimate of drug-likeness (QED) is 0.870. The fourth-order valence-corrected chi connectivity index (χ4v) is 3.70. The van der Waals surface area contributed by atoms with Crippen molar-refractivity contribution in [2.75, 3.05) is 13.1 Å². The molecule has 1 saturated heterocycles. The first-order chi connectivity index (χ1) is 12.4. The van der Waals surface area contributed by atoms with Crippen LogP contribution >= 0.6 is 0 Å². The molecule has 1 aliphatic rings. The number of aromatic amines is 1. The molecule has 0 aromatic carbocycles. The highest BCUT2D eigenvalue weighted by atomic mass is 16.2. The van der Waals surface area contributed by atoms with Gasteiger partial charge >= 0.3 is 5.69 Å². The molecule has 142 valence electrons. The lowest BCUT2D eigenvalue weighted by Crippen LogP contribution is -2.40. The molecule has 1 amide bonds. The molecule has 0 unspecified atom stereocenters. The number of carbonyl (C=O) groups is 1. The monoisotopic (exact) mass is 360 g/mol. The Bertz CT molecular complexity index is 846. The molecule has 0 radical (unpaired) electrons. The predicted octanol–water partition coefficient (Wildman–Crippen LogP) is 1.28. The zero-order valence-corrected chi connectivity index (χ0v) is 16.1. The molecule has 1 aliphatic heterocycles. The summed E-state index contributed by atoms with van der Waals surface area (Å²) in [5, 5.41) is 11.7. The van der Waals surface area contributed by atoms with Crippen LogP contribution in [0.5, 0.6) is 0 Å². The van der Waals surface area contributed by atoms with E-state index in [1.807, 2.05) is 25.7 Å². The van der Waals surface area contributed by atoms with Gasteiger partial charge in [0.25, 0.3) is 0 Å². The van der Waals surface area contributed by atoms with Gasteiger partial charge in [-0.3, -0.25) is 14.5 Å². The van der Waals surface area contributed by atoms with Gasteiger partial charge in [0.1, 0.15) is 5.82 Å². The van der Waals surface area contributed by atoms with E-state index in [1.54, 1.807) is 11.6 Å². The van der Waals surface area contributed by atoms with Gasteiger partial charge in [-0.15, -0.1) is 0 Å². The third-order valence-electron chi connectivity index (χ3n) is 5.42. The minimum atomic E-state index is -0.0877. The van der Waals surface area contributed by atoms with E-state index in [1.165, 1.54) is 4.68 Å². The Kier molecular flexibility index (Phi) is 5.29. The van der Waals surface area contributed by atoms with Gasteiger partial charge in [0.05, 0.1) is 5.69 Å². The number of hydrogen-bond donors (Lipinski definition) is 1. The maximum atomic E-state index is 12.7. The smallest absolute Gasteiger partial charge is 0.342 e. The Balaban J connectivity index is 1.66. The van der Waals surface area contributed by atoms with Crippen LogP contribution in [0.1, 0.15) is 54.9 Å². The highest BCUT2D eigenvalue weighted by Gasteiger charge is 2.28. The number of aryl methyl sites for hydroxylation is 3. The Morgan fingerprint density at radius 2 is 2.12 bits per heavy atom. The van der Waals surface area contributed by atoms with E-state index in [0.717, 1.165) is 42.2 Å². The molecule has 2 aromatic rings. The fourth-order valence-electron chi connectivity index (χ4n) is 3.70. The Morgan fingerprint density at radius 1 is 1.35 bits per heavy atom. The van der Waals surface area contributed by atoms with Crippen molar-refractivity contribution in [3.63, 3.8) is 0 Å². The van der Waals surface area contributed by atoms with Gasteiger partial charge < -0.3 is 4.90 Å². The van der Waals surface area contributed by atoms with Gasteiger partial charge in [-0.2, -0.15) is 10.2 Å². The lowest BCUT2D eigenvalue weighted by molar-refractivity contribution is -0.132. The molecule has 8 nitrogen and oxygen atoms in total. The van der Waals surface area contributed by atoms with Gasteiger partial charge in [-0.05, 0) is 39.2 Å². The third kappa shape index (κ3) is 3.45. The van der Waals surface area contributed by atoms with Crippen molar-refractivity contribution in [1.82, 2.24) is 29.4 Å². The van der Waals surface area contributed by atoms with Gasteiger partial charge in [-0.1, -0.05) is 0 Å². The molecule has 3 heterocycles. The Labute approximate surface area is 153 Å². The summed E-state index contributed by atoms with van der Waals surface area (Å²) < 4.78 is 3.11. The molecule has 0 bridgehead atoms. The van der Waals surface area contributed by atoms with Crippen LogP contribution in [0, 0.1) is 13.8 Å². The molecule has 2 aromatic heterocycles. The first kappa shape index (κ1) is 18.4. The molecular formula is C18H28N6O2. The van der Waals surface area contributed by atoms with Crippen LogP contribution < -0.4 is 5.69 Å². The predicted molar refractivity (Wildman–Crippen MR) is 98.1 cm³/mol. The first-order valence-corrected chi connectivity index (χ1v) is 9.34. The second-order valence-corrected chi connectivity index (χ2v) is 7.11. The van der Waals surface area contributed by atoms with E-state index in [2.05, 4.69) is 15.3 Å². The average molecular weight is 360 g/mol. The Morgan fingerprint density at radius 3 is 2.77 bits per heavy atom. The topological polar surface area (TPSA) is 88.8 Å². The number of H-pyrrole nitrogens is 1. The number of amides is 1.